The molecule has 3 heteroatoms. The van der Waals surface area contributed by atoms with Crippen molar-refractivity contribution in [1.29, 1.82) is 0 Å². The highest BCUT2D eigenvalue weighted by Crippen LogP contribution is 2.24. The summed E-state index contributed by atoms with van der Waals surface area (Å²) < 4.78 is 5.72. The summed E-state index contributed by atoms with van der Waals surface area (Å²) in [7, 11) is 0. The van der Waals surface area contributed by atoms with Crippen molar-refractivity contribution in [3.05, 3.63) is 29.3 Å². The second-order valence-corrected chi connectivity index (χ2v) is 5.03. The van der Waals surface area contributed by atoms with E-state index < -0.39 is 5.97 Å². The molecule has 0 spiro atoms. The Hall–Kier alpha value is -1.51. The Morgan fingerprint density at radius 2 is 2.00 bits per heavy atom. The van der Waals surface area contributed by atoms with Gasteiger partial charge in [-0.2, -0.15) is 0 Å². The van der Waals surface area contributed by atoms with Gasteiger partial charge in [0.1, 0.15) is 5.75 Å². The first-order chi connectivity index (χ1) is 8.40. The van der Waals surface area contributed by atoms with Crippen molar-refractivity contribution in [3.63, 3.8) is 0 Å². The second-order valence-electron chi connectivity index (χ2n) is 5.03. The van der Waals surface area contributed by atoms with Gasteiger partial charge >= 0.3 is 5.97 Å². The third-order valence-electron chi connectivity index (χ3n) is 2.97. The normalized spacial score (nSPS) is 12.5. The van der Waals surface area contributed by atoms with Crippen LogP contribution in [0.15, 0.2) is 18.2 Å². The summed E-state index contributed by atoms with van der Waals surface area (Å²) >= 11 is 0. The molecule has 3 nitrogen and oxygen atoms in total. The van der Waals surface area contributed by atoms with E-state index in [0.717, 1.165) is 5.75 Å². The second kappa shape index (κ2) is 6.43. The monoisotopic (exact) mass is 250 g/mol. The Labute approximate surface area is 109 Å². The number of hydrogen-bond acceptors (Lipinski definition) is 2. The molecule has 1 unspecified atom stereocenters. The van der Waals surface area contributed by atoms with Crippen molar-refractivity contribution in [3.8, 4) is 5.75 Å². The molecule has 0 fully saturated rings. The lowest BCUT2D eigenvalue weighted by Crippen LogP contribution is -2.13. The van der Waals surface area contributed by atoms with Gasteiger partial charge < -0.3 is 9.84 Å². The molecule has 1 aromatic carbocycles. The van der Waals surface area contributed by atoms with Gasteiger partial charge in [-0.25, -0.2) is 0 Å². The zero-order valence-corrected chi connectivity index (χ0v) is 11.6. The van der Waals surface area contributed by atoms with E-state index in [4.69, 9.17) is 9.84 Å². The van der Waals surface area contributed by atoms with Crippen LogP contribution in [0.3, 0.4) is 0 Å². The Bertz CT molecular complexity index is 410. The summed E-state index contributed by atoms with van der Waals surface area (Å²) in [6.07, 6.45) is 0.593. The molecular weight excluding hydrogens is 228 g/mol. The van der Waals surface area contributed by atoms with E-state index in [1.54, 1.807) is 0 Å². The zero-order chi connectivity index (χ0) is 13.7. The maximum Gasteiger partial charge on any atom is 0.303 e. The third-order valence-corrected chi connectivity index (χ3v) is 2.97. The highest BCUT2D eigenvalue weighted by atomic mass is 16.5. The predicted octanol–water partition coefficient (Wildman–Crippen LogP) is 3.75. The van der Waals surface area contributed by atoms with Crippen LogP contribution in [0, 0.1) is 6.92 Å². The van der Waals surface area contributed by atoms with Gasteiger partial charge in [0.2, 0.25) is 0 Å². The summed E-state index contributed by atoms with van der Waals surface area (Å²) in [6.45, 7) is 8.30. The van der Waals surface area contributed by atoms with Gasteiger partial charge in [0, 0.05) is 6.42 Å². The maximum atomic E-state index is 10.5. The SMILES string of the molecule is Cc1cc(OC(C)CCC(=O)O)ccc1C(C)C. The summed E-state index contributed by atoms with van der Waals surface area (Å²) in [5.41, 5.74) is 2.54. The molecule has 0 saturated carbocycles. The number of aliphatic carboxylic acids is 1. The van der Waals surface area contributed by atoms with E-state index in [1.165, 1.54) is 11.1 Å². The number of aryl methyl sites for hydroxylation is 1. The van der Waals surface area contributed by atoms with E-state index in [2.05, 4.69) is 26.8 Å². The summed E-state index contributed by atoms with van der Waals surface area (Å²) in [4.78, 5) is 10.5. The molecule has 0 heterocycles. The van der Waals surface area contributed by atoms with E-state index >= 15 is 0 Å². The molecule has 0 aliphatic heterocycles. The van der Waals surface area contributed by atoms with Gasteiger partial charge in [-0.05, 0) is 49.4 Å². The van der Waals surface area contributed by atoms with Crippen LogP contribution >= 0.6 is 0 Å². The van der Waals surface area contributed by atoms with Gasteiger partial charge in [-0.15, -0.1) is 0 Å². The smallest absolute Gasteiger partial charge is 0.303 e. The molecule has 1 atom stereocenters. The summed E-state index contributed by atoms with van der Waals surface area (Å²) in [5, 5.41) is 8.61. The molecule has 0 saturated heterocycles. The average molecular weight is 250 g/mol. The number of benzene rings is 1. The van der Waals surface area contributed by atoms with Crippen molar-refractivity contribution in [2.75, 3.05) is 0 Å². The molecule has 0 aliphatic rings. The van der Waals surface area contributed by atoms with Gasteiger partial charge in [-0.1, -0.05) is 19.9 Å². The van der Waals surface area contributed by atoms with Crippen molar-refractivity contribution < 1.29 is 14.6 Å². The van der Waals surface area contributed by atoms with Gasteiger partial charge in [-0.3, -0.25) is 4.79 Å². The molecule has 18 heavy (non-hydrogen) atoms. The number of hydrogen-bond donors (Lipinski definition) is 1. The Morgan fingerprint density at radius 1 is 1.33 bits per heavy atom. The molecule has 1 N–H and O–H groups in total. The Kier molecular flexibility index (Phi) is 5.20. The fourth-order valence-corrected chi connectivity index (χ4v) is 1.99. The first-order valence-corrected chi connectivity index (χ1v) is 6.39. The molecule has 0 aliphatic carbocycles. The Morgan fingerprint density at radius 3 is 2.50 bits per heavy atom. The molecule has 1 rings (SSSR count). The minimum absolute atomic E-state index is 0.0783. The van der Waals surface area contributed by atoms with Crippen molar-refractivity contribution >= 4 is 5.97 Å². The van der Waals surface area contributed by atoms with E-state index in [1.807, 2.05) is 19.1 Å². The molecule has 100 valence electrons. The van der Waals surface area contributed by atoms with Crippen LogP contribution < -0.4 is 4.74 Å². The van der Waals surface area contributed by atoms with Crippen LogP contribution in [-0.4, -0.2) is 17.2 Å². The molecule has 0 bridgehead atoms. The fourth-order valence-electron chi connectivity index (χ4n) is 1.99. The molecule has 1 aromatic rings. The topological polar surface area (TPSA) is 46.5 Å². The van der Waals surface area contributed by atoms with Crippen molar-refractivity contribution in [1.82, 2.24) is 0 Å². The van der Waals surface area contributed by atoms with Crippen LogP contribution in [0.4, 0.5) is 0 Å². The van der Waals surface area contributed by atoms with E-state index in [0.29, 0.717) is 12.3 Å². The van der Waals surface area contributed by atoms with Gasteiger partial charge in [0.15, 0.2) is 0 Å². The van der Waals surface area contributed by atoms with Gasteiger partial charge in [0.25, 0.3) is 0 Å². The van der Waals surface area contributed by atoms with Crippen LogP contribution in [0.1, 0.15) is 50.7 Å². The number of carboxylic acids is 1. The van der Waals surface area contributed by atoms with Crippen LogP contribution in [0.2, 0.25) is 0 Å². The first kappa shape index (κ1) is 14.6. The largest absolute Gasteiger partial charge is 0.491 e. The Balaban J connectivity index is 2.63. The minimum atomic E-state index is -0.781. The molecule has 0 aromatic heterocycles. The standard InChI is InChI=1S/C15H22O3/c1-10(2)14-7-6-13(9-11(14)3)18-12(4)5-8-15(16)17/h6-7,9-10,12H,5,8H2,1-4H3,(H,16,17). The molecule has 0 amide bonds. The lowest BCUT2D eigenvalue weighted by molar-refractivity contribution is -0.137. The molecular formula is C15H22O3. The van der Waals surface area contributed by atoms with E-state index in [-0.39, 0.29) is 12.5 Å². The number of rotatable bonds is 6. The first-order valence-electron chi connectivity index (χ1n) is 6.39. The van der Waals surface area contributed by atoms with Crippen LogP contribution in [0.25, 0.3) is 0 Å². The lowest BCUT2D eigenvalue weighted by Gasteiger charge is -2.16. The highest BCUT2D eigenvalue weighted by molar-refractivity contribution is 5.66. The lowest BCUT2D eigenvalue weighted by atomic mass is 9.98. The number of ether oxygens (including phenoxy) is 1. The van der Waals surface area contributed by atoms with Gasteiger partial charge in [0.05, 0.1) is 6.10 Å². The molecule has 0 radical (unpaired) electrons. The van der Waals surface area contributed by atoms with Crippen molar-refractivity contribution in [2.24, 2.45) is 0 Å². The summed E-state index contributed by atoms with van der Waals surface area (Å²) in [5.74, 6) is 0.537. The predicted molar refractivity (Wildman–Crippen MR) is 72.2 cm³/mol. The van der Waals surface area contributed by atoms with E-state index in [9.17, 15) is 4.79 Å². The maximum absolute atomic E-state index is 10.5. The highest BCUT2D eigenvalue weighted by Gasteiger charge is 2.09. The number of carboxylic acid groups (broad SMARTS) is 1. The van der Waals surface area contributed by atoms with Crippen molar-refractivity contribution in [2.45, 2.75) is 52.6 Å². The fraction of sp³-hybridized carbons (Fsp3) is 0.533. The van der Waals surface area contributed by atoms with Crippen LogP contribution in [0.5, 0.6) is 5.75 Å². The minimum Gasteiger partial charge on any atom is -0.491 e. The zero-order valence-electron chi connectivity index (χ0n) is 11.6. The quantitative estimate of drug-likeness (QED) is 0.836. The summed E-state index contributed by atoms with van der Waals surface area (Å²) in [6, 6.07) is 6.06. The van der Waals surface area contributed by atoms with Crippen LogP contribution in [-0.2, 0) is 4.79 Å². The third kappa shape index (κ3) is 4.40. The number of carbonyl (C=O) groups is 1. The average Bonchev–Trinajstić information content (AvgIpc) is 2.26.